The van der Waals surface area contributed by atoms with E-state index in [4.69, 9.17) is 0 Å². The maximum atomic E-state index is 12.9. The molecule has 23 heavy (non-hydrogen) atoms. The Kier molecular flexibility index (Phi) is 3.71. The Morgan fingerprint density at radius 1 is 1.17 bits per heavy atom. The molecule has 0 spiro atoms. The van der Waals surface area contributed by atoms with E-state index in [9.17, 15) is 4.79 Å². The predicted octanol–water partition coefficient (Wildman–Crippen LogP) is 4.06. The number of amides is 1. The van der Waals surface area contributed by atoms with E-state index in [0.717, 1.165) is 35.5 Å². The summed E-state index contributed by atoms with van der Waals surface area (Å²) >= 11 is 1.75. The summed E-state index contributed by atoms with van der Waals surface area (Å²) in [4.78, 5) is 18.3. The van der Waals surface area contributed by atoms with Crippen LogP contribution in [0.25, 0.3) is 5.00 Å². The quantitative estimate of drug-likeness (QED) is 0.790. The number of nitrogens with one attached hydrogen (secondary N) is 1. The van der Waals surface area contributed by atoms with Gasteiger partial charge in [0.1, 0.15) is 5.00 Å². The average Bonchev–Trinajstić information content (AvgIpc) is 3.23. The van der Waals surface area contributed by atoms with Gasteiger partial charge in [-0.25, -0.2) is 0 Å². The van der Waals surface area contributed by atoms with Crippen LogP contribution in [0.2, 0.25) is 0 Å². The summed E-state index contributed by atoms with van der Waals surface area (Å²) in [5, 5.41) is 4.01. The largest absolute Gasteiger partial charge is 0.320 e. The summed E-state index contributed by atoms with van der Waals surface area (Å²) < 4.78 is 2.04. The highest BCUT2D eigenvalue weighted by Gasteiger charge is 2.26. The minimum Gasteiger partial charge on any atom is -0.320 e. The Labute approximate surface area is 138 Å². The summed E-state index contributed by atoms with van der Waals surface area (Å²) in [6, 6.07) is 7.66. The van der Waals surface area contributed by atoms with Gasteiger partial charge in [0.25, 0.3) is 5.91 Å². The van der Waals surface area contributed by atoms with Crippen molar-refractivity contribution in [2.24, 2.45) is 0 Å². The fourth-order valence-corrected chi connectivity index (χ4v) is 4.42. The van der Waals surface area contributed by atoms with E-state index in [-0.39, 0.29) is 5.91 Å². The van der Waals surface area contributed by atoms with Crippen molar-refractivity contribution in [3.63, 3.8) is 0 Å². The van der Waals surface area contributed by atoms with Gasteiger partial charge >= 0.3 is 0 Å². The van der Waals surface area contributed by atoms with Crippen LogP contribution in [0.4, 0.5) is 5.69 Å². The van der Waals surface area contributed by atoms with Gasteiger partial charge in [-0.15, -0.1) is 11.3 Å². The Morgan fingerprint density at radius 3 is 2.78 bits per heavy atom. The first kappa shape index (κ1) is 14.2. The third-order valence-electron chi connectivity index (χ3n) is 4.14. The molecule has 0 radical (unpaired) electrons. The fraction of sp³-hybridized carbons (Fsp3) is 0.222. The van der Waals surface area contributed by atoms with Gasteiger partial charge in [-0.3, -0.25) is 9.78 Å². The molecule has 3 aromatic rings. The minimum absolute atomic E-state index is 0.0406. The minimum atomic E-state index is -0.0406. The number of carbonyl (C=O) groups is 1. The number of hydrogen-bond acceptors (Lipinski definition) is 3. The zero-order chi connectivity index (χ0) is 15.6. The molecule has 3 heterocycles. The Hall–Kier alpha value is -2.40. The van der Waals surface area contributed by atoms with E-state index in [0.29, 0.717) is 0 Å². The topological polar surface area (TPSA) is 46.9 Å². The number of pyridine rings is 1. The monoisotopic (exact) mass is 323 g/mol. The number of aryl methyl sites for hydroxylation is 1. The predicted molar refractivity (Wildman–Crippen MR) is 92.5 cm³/mol. The van der Waals surface area contributed by atoms with Crippen molar-refractivity contribution < 1.29 is 4.79 Å². The van der Waals surface area contributed by atoms with Gasteiger partial charge in [-0.05, 0) is 55.5 Å². The van der Waals surface area contributed by atoms with Gasteiger partial charge in [0.15, 0.2) is 0 Å². The second-order valence-corrected chi connectivity index (χ2v) is 6.76. The highest BCUT2D eigenvalue weighted by Crippen LogP contribution is 2.37. The third kappa shape index (κ3) is 2.68. The highest BCUT2D eigenvalue weighted by molar-refractivity contribution is 7.15. The van der Waals surface area contributed by atoms with Crippen LogP contribution < -0.4 is 5.32 Å². The summed E-state index contributed by atoms with van der Waals surface area (Å²) in [7, 11) is 0. The molecular weight excluding hydrogens is 306 g/mol. The lowest BCUT2D eigenvalue weighted by Crippen LogP contribution is -2.16. The van der Waals surface area contributed by atoms with E-state index >= 15 is 0 Å². The maximum absolute atomic E-state index is 12.9. The number of carbonyl (C=O) groups excluding carboxylic acids is 1. The molecule has 0 saturated carbocycles. The van der Waals surface area contributed by atoms with Gasteiger partial charge in [-0.2, -0.15) is 0 Å². The molecule has 1 amide bonds. The van der Waals surface area contributed by atoms with Crippen molar-refractivity contribution in [1.29, 1.82) is 0 Å². The molecule has 0 atom stereocenters. The zero-order valence-corrected chi connectivity index (χ0v) is 13.5. The normalized spacial score (nSPS) is 13.6. The molecule has 4 rings (SSSR count). The average molecular weight is 323 g/mol. The molecule has 0 saturated heterocycles. The Morgan fingerprint density at radius 2 is 2.00 bits per heavy atom. The van der Waals surface area contributed by atoms with E-state index in [1.807, 2.05) is 41.2 Å². The molecule has 116 valence electrons. The second kappa shape index (κ2) is 6.01. The number of thiophene rings is 1. The first-order chi connectivity index (χ1) is 11.3. The highest BCUT2D eigenvalue weighted by atomic mass is 32.1. The van der Waals surface area contributed by atoms with Gasteiger partial charge < -0.3 is 9.88 Å². The van der Waals surface area contributed by atoms with Crippen LogP contribution in [-0.4, -0.2) is 15.5 Å². The molecule has 0 aromatic carbocycles. The van der Waals surface area contributed by atoms with Crippen molar-refractivity contribution in [3.05, 3.63) is 65.1 Å². The molecule has 5 heteroatoms. The van der Waals surface area contributed by atoms with E-state index in [1.54, 1.807) is 23.7 Å². The molecule has 0 fully saturated rings. The van der Waals surface area contributed by atoms with Crippen molar-refractivity contribution in [1.82, 2.24) is 9.55 Å². The second-order valence-electron chi connectivity index (χ2n) is 5.68. The van der Waals surface area contributed by atoms with Gasteiger partial charge in [0.05, 0.1) is 17.4 Å². The van der Waals surface area contributed by atoms with E-state index in [2.05, 4.69) is 10.3 Å². The molecule has 1 N–H and O–H groups in total. The standard InChI is InChI=1S/C18H17N3OS/c22-17(20-13-6-5-9-19-12-13)16-14-7-1-2-8-15(14)23-18(16)21-10-3-4-11-21/h3-6,9-12H,1-2,7-8H2,(H,20,22). The Bertz CT molecular complexity index is 822. The van der Waals surface area contributed by atoms with Crippen LogP contribution >= 0.6 is 11.3 Å². The molecule has 4 nitrogen and oxygen atoms in total. The van der Waals surface area contributed by atoms with Crippen molar-refractivity contribution in [2.75, 3.05) is 5.32 Å². The molecule has 0 bridgehead atoms. The molecule has 1 aliphatic carbocycles. The van der Waals surface area contributed by atoms with Crippen LogP contribution in [0.15, 0.2) is 49.1 Å². The molecule has 0 aliphatic heterocycles. The molecule has 0 unspecified atom stereocenters. The fourth-order valence-electron chi connectivity index (χ4n) is 3.07. The number of nitrogens with zero attached hydrogens (tertiary/aromatic N) is 2. The van der Waals surface area contributed by atoms with Gasteiger partial charge in [0, 0.05) is 23.5 Å². The maximum Gasteiger partial charge on any atom is 0.259 e. The lowest BCUT2D eigenvalue weighted by atomic mass is 9.95. The van der Waals surface area contributed by atoms with E-state index in [1.165, 1.54) is 16.9 Å². The van der Waals surface area contributed by atoms with Crippen LogP contribution in [0.3, 0.4) is 0 Å². The van der Waals surface area contributed by atoms with Crippen molar-refractivity contribution >= 4 is 22.9 Å². The van der Waals surface area contributed by atoms with Crippen LogP contribution in [-0.2, 0) is 12.8 Å². The van der Waals surface area contributed by atoms with Crippen molar-refractivity contribution in [2.45, 2.75) is 25.7 Å². The number of rotatable bonds is 3. The summed E-state index contributed by atoms with van der Waals surface area (Å²) in [6.07, 6.45) is 11.8. The first-order valence-electron chi connectivity index (χ1n) is 7.82. The molecular formula is C18H17N3OS. The van der Waals surface area contributed by atoms with E-state index < -0.39 is 0 Å². The molecule has 3 aromatic heterocycles. The first-order valence-corrected chi connectivity index (χ1v) is 8.64. The number of anilines is 1. The van der Waals surface area contributed by atoms with Crippen LogP contribution in [0, 0.1) is 0 Å². The zero-order valence-electron chi connectivity index (χ0n) is 12.7. The lowest BCUT2D eigenvalue weighted by Gasteiger charge is -2.13. The van der Waals surface area contributed by atoms with Crippen LogP contribution in [0.5, 0.6) is 0 Å². The summed E-state index contributed by atoms with van der Waals surface area (Å²) in [5.41, 5.74) is 2.78. The SMILES string of the molecule is O=C(Nc1cccnc1)c1c(-n2cccc2)sc2c1CCCC2. The van der Waals surface area contributed by atoms with Gasteiger partial charge in [-0.1, -0.05) is 0 Å². The number of hydrogen-bond donors (Lipinski definition) is 1. The van der Waals surface area contributed by atoms with Crippen molar-refractivity contribution in [3.8, 4) is 5.00 Å². The summed E-state index contributed by atoms with van der Waals surface area (Å²) in [5.74, 6) is -0.0406. The Balaban J connectivity index is 1.77. The number of aromatic nitrogens is 2. The van der Waals surface area contributed by atoms with Gasteiger partial charge in [0.2, 0.25) is 0 Å². The van der Waals surface area contributed by atoms with Crippen LogP contribution in [0.1, 0.15) is 33.6 Å². The summed E-state index contributed by atoms with van der Waals surface area (Å²) in [6.45, 7) is 0. The smallest absolute Gasteiger partial charge is 0.259 e. The molecule has 1 aliphatic rings. The lowest BCUT2D eigenvalue weighted by molar-refractivity contribution is 0.102. The number of fused-ring (bicyclic) bond motifs is 1. The third-order valence-corrected chi connectivity index (χ3v) is 5.44.